The molecule has 3 aromatic rings. The normalized spacial score (nSPS) is 16.9. The number of carbonyl (C=O) groups excluding carboxylic acids is 1. The fourth-order valence-electron chi connectivity index (χ4n) is 3.58. The average molecular weight is 424 g/mol. The molecule has 8 nitrogen and oxygen atoms in total. The maximum absolute atomic E-state index is 12.9. The van der Waals surface area contributed by atoms with Crippen LogP contribution in [0.15, 0.2) is 24.7 Å². The minimum absolute atomic E-state index is 0.0220. The number of aromatic nitrogens is 5. The van der Waals surface area contributed by atoms with Crippen LogP contribution < -0.4 is 5.32 Å². The standard InChI is InChI=1S/C21H25N7OS/c1-13-14(2)30-21(24-13)27-19-10-17(25-15(3)26-19)18-6-4-5-9-28(18)20(29)8-7-16-11-22-12-23-16/h7-8,10-12,18H,4-6,9H2,1-3H3,(H,22,23)(H,24,25,26,27)/b8-7+/t18-/m0/s1. The number of anilines is 2. The predicted octanol–water partition coefficient (Wildman–Crippen LogP) is 4.09. The van der Waals surface area contributed by atoms with Crippen LogP contribution >= 0.6 is 11.3 Å². The van der Waals surface area contributed by atoms with E-state index in [9.17, 15) is 4.79 Å². The Hall–Kier alpha value is -3.07. The Balaban J connectivity index is 1.57. The van der Waals surface area contributed by atoms with Gasteiger partial charge in [-0.05, 0) is 46.1 Å². The summed E-state index contributed by atoms with van der Waals surface area (Å²) >= 11 is 1.60. The number of rotatable bonds is 5. The second-order valence-corrected chi connectivity index (χ2v) is 8.60. The summed E-state index contributed by atoms with van der Waals surface area (Å²) in [5, 5.41) is 4.11. The predicted molar refractivity (Wildman–Crippen MR) is 118 cm³/mol. The Morgan fingerprint density at radius 2 is 2.13 bits per heavy atom. The largest absolute Gasteiger partial charge is 0.345 e. The maximum atomic E-state index is 12.9. The van der Waals surface area contributed by atoms with Crippen molar-refractivity contribution < 1.29 is 4.79 Å². The minimum atomic E-state index is -0.0697. The number of aryl methyl sites for hydroxylation is 3. The highest BCUT2D eigenvalue weighted by atomic mass is 32.1. The molecule has 0 unspecified atom stereocenters. The monoisotopic (exact) mass is 423 g/mol. The molecule has 2 N–H and O–H groups in total. The topological polar surface area (TPSA) is 99.7 Å². The van der Waals surface area contributed by atoms with Gasteiger partial charge < -0.3 is 15.2 Å². The maximum Gasteiger partial charge on any atom is 0.247 e. The molecule has 0 aromatic carbocycles. The Bertz CT molecular complexity index is 1040. The summed E-state index contributed by atoms with van der Waals surface area (Å²) in [6, 6.07) is 1.87. The van der Waals surface area contributed by atoms with Gasteiger partial charge in [0, 0.05) is 23.6 Å². The van der Waals surface area contributed by atoms with Crippen LogP contribution in [-0.4, -0.2) is 42.3 Å². The molecule has 1 amide bonds. The molecule has 1 aliphatic rings. The number of thiazole rings is 1. The fraction of sp³-hybridized carbons (Fsp3) is 0.381. The Morgan fingerprint density at radius 3 is 2.87 bits per heavy atom. The second kappa shape index (κ2) is 8.74. The van der Waals surface area contributed by atoms with Crippen LogP contribution in [0.5, 0.6) is 0 Å². The molecule has 1 saturated heterocycles. The number of hydrogen-bond donors (Lipinski definition) is 2. The van der Waals surface area contributed by atoms with Crippen LogP contribution in [0.1, 0.15) is 53.1 Å². The van der Waals surface area contributed by atoms with E-state index in [0.29, 0.717) is 18.2 Å². The van der Waals surface area contributed by atoms with E-state index in [4.69, 9.17) is 0 Å². The third-order valence-electron chi connectivity index (χ3n) is 5.17. The highest BCUT2D eigenvalue weighted by Crippen LogP contribution is 2.32. The molecule has 1 fully saturated rings. The van der Waals surface area contributed by atoms with Gasteiger partial charge in [0.2, 0.25) is 5.91 Å². The SMILES string of the molecule is Cc1nc(Nc2nc(C)c(C)s2)cc([C@@H]2CCCCN2C(=O)/C=C/c2cnc[nH]2)n1. The first-order chi connectivity index (χ1) is 14.5. The van der Waals surface area contributed by atoms with Crippen molar-refractivity contribution in [1.29, 1.82) is 0 Å². The van der Waals surface area contributed by atoms with Gasteiger partial charge in [0.1, 0.15) is 11.6 Å². The van der Waals surface area contributed by atoms with Gasteiger partial charge >= 0.3 is 0 Å². The van der Waals surface area contributed by atoms with Crippen LogP contribution in [0.2, 0.25) is 0 Å². The van der Waals surface area contributed by atoms with Crippen LogP contribution in [0, 0.1) is 20.8 Å². The van der Waals surface area contributed by atoms with Gasteiger partial charge in [0.25, 0.3) is 0 Å². The summed E-state index contributed by atoms with van der Waals surface area (Å²) in [4.78, 5) is 36.7. The Labute approximate surface area is 179 Å². The number of aromatic amines is 1. The van der Waals surface area contributed by atoms with Gasteiger partial charge in [-0.3, -0.25) is 4.79 Å². The van der Waals surface area contributed by atoms with Crippen molar-refractivity contribution >= 4 is 34.3 Å². The summed E-state index contributed by atoms with van der Waals surface area (Å²) < 4.78 is 0. The lowest BCUT2D eigenvalue weighted by atomic mass is 9.98. The van der Waals surface area contributed by atoms with Crippen LogP contribution in [0.3, 0.4) is 0 Å². The quantitative estimate of drug-likeness (QED) is 0.600. The molecule has 1 atom stereocenters. The smallest absolute Gasteiger partial charge is 0.247 e. The van der Waals surface area contributed by atoms with E-state index in [1.807, 2.05) is 24.8 Å². The van der Waals surface area contributed by atoms with E-state index >= 15 is 0 Å². The lowest BCUT2D eigenvalue weighted by Gasteiger charge is -2.35. The molecule has 30 heavy (non-hydrogen) atoms. The van der Waals surface area contributed by atoms with E-state index in [2.05, 4.69) is 37.2 Å². The number of likely N-dealkylation sites (tertiary alicyclic amines) is 1. The summed E-state index contributed by atoms with van der Waals surface area (Å²) in [5.41, 5.74) is 2.68. The summed E-state index contributed by atoms with van der Waals surface area (Å²) in [7, 11) is 0. The van der Waals surface area contributed by atoms with Gasteiger partial charge in [-0.25, -0.2) is 19.9 Å². The van der Waals surface area contributed by atoms with E-state index in [1.54, 1.807) is 36.0 Å². The summed E-state index contributed by atoms with van der Waals surface area (Å²) in [6.07, 6.45) is 9.58. The van der Waals surface area contributed by atoms with Crippen molar-refractivity contribution in [2.24, 2.45) is 0 Å². The van der Waals surface area contributed by atoms with Crippen molar-refractivity contribution in [2.45, 2.75) is 46.1 Å². The highest BCUT2D eigenvalue weighted by molar-refractivity contribution is 7.15. The molecular weight excluding hydrogens is 398 g/mol. The summed E-state index contributed by atoms with van der Waals surface area (Å²) in [6.45, 7) is 6.64. The Morgan fingerprint density at radius 1 is 1.27 bits per heavy atom. The number of piperidine rings is 1. The first-order valence-corrected chi connectivity index (χ1v) is 10.8. The minimum Gasteiger partial charge on any atom is -0.345 e. The number of carbonyl (C=O) groups is 1. The van der Waals surface area contributed by atoms with Crippen LogP contribution in [-0.2, 0) is 4.79 Å². The average Bonchev–Trinajstić information content (AvgIpc) is 3.35. The van der Waals surface area contributed by atoms with Gasteiger partial charge in [0.15, 0.2) is 5.13 Å². The van der Waals surface area contributed by atoms with Crippen molar-refractivity contribution in [1.82, 2.24) is 29.8 Å². The summed E-state index contributed by atoms with van der Waals surface area (Å²) in [5.74, 6) is 1.36. The number of hydrogen-bond acceptors (Lipinski definition) is 7. The molecule has 0 saturated carbocycles. The van der Waals surface area contributed by atoms with E-state index < -0.39 is 0 Å². The van der Waals surface area contributed by atoms with E-state index in [-0.39, 0.29) is 11.9 Å². The van der Waals surface area contributed by atoms with Crippen LogP contribution in [0.25, 0.3) is 6.08 Å². The number of nitrogens with one attached hydrogen (secondary N) is 2. The number of imidazole rings is 1. The number of nitrogens with zero attached hydrogens (tertiary/aromatic N) is 5. The van der Waals surface area contributed by atoms with Crippen molar-refractivity contribution in [3.63, 3.8) is 0 Å². The molecule has 0 radical (unpaired) electrons. The number of amides is 1. The Kier molecular flexibility index (Phi) is 5.89. The third-order valence-corrected chi connectivity index (χ3v) is 6.16. The highest BCUT2D eigenvalue weighted by Gasteiger charge is 2.28. The molecule has 156 valence electrons. The number of H-pyrrole nitrogens is 1. The molecule has 3 aromatic heterocycles. The molecule has 0 spiro atoms. The lowest BCUT2D eigenvalue weighted by molar-refractivity contribution is -0.129. The van der Waals surface area contributed by atoms with Crippen LogP contribution in [0.4, 0.5) is 10.9 Å². The van der Waals surface area contributed by atoms with Gasteiger partial charge in [0.05, 0.1) is 35.6 Å². The molecule has 0 bridgehead atoms. The van der Waals surface area contributed by atoms with E-state index in [0.717, 1.165) is 41.5 Å². The fourth-order valence-corrected chi connectivity index (χ4v) is 4.40. The van der Waals surface area contributed by atoms with E-state index in [1.165, 1.54) is 4.88 Å². The molecule has 4 rings (SSSR count). The third kappa shape index (κ3) is 4.56. The van der Waals surface area contributed by atoms with Gasteiger partial charge in [-0.2, -0.15) is 0 Å². The van der Waals surface area contributed by atoms with Gasteiger partial charge in [-0.15, -0.1) is 11.3 Å². The van der Waals surface area contributed by atoms with Crippen molar-refractivity contribution in [3.05, 3.63) is 52.4 Å². The molecule has 0 aliphatic carbocycles. The molecule has 4 heterocycles. The molecule has 9 heteroatoms. The lowest BCUT2D eigenvalue weighted by Crippen LogP contribution is -2.38. The first-order valence-electron chi connectivity index (χ1n) is 10.0. The zero-order valence-corrected chi connectivity index (χ0v) is 18.2. The zero-order chi connectivity index (χ0) is 21.1. The van der Waals surface area contributed by atoms with Crippen molar-refractivity contribution in [3.8, 4) is 0 Å². The molecular formula is C21H25N7OS. The van der Waals surface area contributed by atoms with Gasteiger partial charge in [-0.1, -0.05) is 0 Å². The zero-order valence-electron chi connectivity index (χ0n) is 17.3. The second-order valence-electron chi connectivity index (χ2n) is 7.39. The first kappa shape index (κ1) is 20.2. The molecule has 1 aliphatic heterocycles. The van der Waals surface area contributed by atoms with Crippen molar-refractivity contribution in [2.75, 3.05) is 11.9 Å².